The van der Waals surface area contributed by atoms with Gasteiger partial charge in [-0.1, -0.05) is 5.11 Å². The first-order valence-corrected chi connectivity index (χ1v) is 5.33. The molecule has 0 fully saturated rings. The predicted molar refractivity (Wildman–Crippen MR) is 57.8 cm³/mol. The van der Waals surface area contributed by atoms with Crippen LogP contribution in [-0.4, -0.2) is 24.0 Å². The Balaban J connectivity index is 2.27. The topological polar surface area (TPSA) is 90.8 Å². The molecule has 0 radical (unpaired) electrons. The second-order valence-electron chi connectivity index (χ2n) is 2.82. The molecule has 1 aromatic rings. The molecule has 0 bridgehead atoms. The number of nitrogens with one attached hydrogen (secondary N) is 1. The second-order valence-corrected chi connectivity index (χ2v) is 3.88. The molecule has 0 saturated carbocycles. The SMILES string of the molecule is Cc1nc(C(=O)NCCCN=[N+]=[N-])cs1. The minimum Gasteiger partial charge on any atom is -0.351 e. The van der Waals surface area contributed by atoms with Crippen molar-refractivity contribution in [2.24, 2.45) is 5.11 Å². The van der Waals surface area contributed by atoms with Gasteiger partial charge in [0.05, 0.1) is 5.01 Å². The highest BCUT2D eigenvalue weighted by Gasteiger charge is 2.07. The van der Waals surface area contributed by atoms with Gasteiger partial charge in [-0.2, -0.15) is 0 Å². The summed E-state index contributed by atoms with van der Waals surface area (Å²) in [5.41, 5.74) is 8.46. The summed E-state index contributed by atoms with van der Waals surface area (Å²) < 4.78 is 0. The minimum absolute atomic E-state index is 0.180. The standard InChI is InChI=1S/C8H11N5OS/c1-6-12-7(5-15-6)8(14)10-3-2-4-11-13-9/h5H,2-4H2,1H3,(H,10,14). The smallest absolute Gasteiger partial charge is 0.270 e. The molecule has 1 amide bonds. The number of azide groups is 1. The zero-order chi connectivity index (χ0) is 11.1. The fraction of sp³-hybridized carbons (Fsp3) is 0.500. The van der Waals surface area contributed by atoms with Crippen molar-refractivity contribution in [3.8, 4) is 0 Å². The molecule has 0 aliphatic heterocycles. The van der Waals surface area contributed by atoms with E-state index in [1.807, 2.05) is 6.92 Å². The van der Waals surface area contributed by atoms with E-state index < -0.39 is 0 Å². The van der Waals surface area contributed by atoms with Crippen LogP contribution in [0.1, 0.15) is 21.9 Å². The molecule has 0 aliphatic carbocycles. The number of rotatable bonds is 5. The summed E-state index contributed by atoms with van der Waals surface area (Å²) in [7, 11) is 0. The van der Waals surface area contributed by atoms with E-state index >= 15 is 0 Å². The van der Waals surface area contributed by atoms with Crippen LogP contribution in [0.25, 0.3) is 10.4 Å². The van der Waals surface area contributed by atoms with Crippen LogP contribution in [0.15, 0.2) is 10.5 Å². The van der Waals surface area contributed by atoms with Gasteiger partial charge in [-0.05, 0) is 18.9 Å². The molecule has 0 atom stereocenters. The fourth-order valence-corrected chi connectivity index (χ4v) is 1.55. The van der Waals surface area contributed by atoms with Gasteiger partial charge in [0.15, 0.2) is 0 Å². The molecule has 0 saturated heterocycles. The summed E-state index contributed by atoms with van der Waals surface area (Å²) in [6.07, 6.45) is 0.638. The number of carbonyl (C=O) groups excluding carboxylic acids is 1. The van der Waals surface area contributed by atoms with Crippen LogP contribution in [0.4, 0.5) is 0 Å². The average molecular weight is 225 g/mol. The van der Waals surface area contributed by atoms with Gasteiger partial charge < -0.3 is 5.32 Å². The van der Waals surface area contributed by atoms with Crippen LogP contribution in [0, 0.1) is 6.92 Å². The molecule has 80 valence electrons. The number of thiazole rings is 1. The Bertz CT molecular complexity index is 382. The number of hydrogen-bond acceptors (Lipinski definition) is 4. The number of nitrogens with zero attached hydrogens (tertiary/aromatic N) is 4. The highest BCUT2D eigenvalue weighted by molar-refractivity contribution is 7.09. The lowest BCUT2D eigenvalue weighted by molar-refractivity contribution is 0.0949. The molecule has 0 unspecified atom stereocenters. The summed E-state index contributed by atoms with van der Waals surface area (Å²) >= 11 is 1.44. The molecule has 0 aromatic carbocycles. The maximum absolute atomic E-state index is 11.4. The molecule has 0 aliphatic rings. The summed E-state index contributed by atoms with van der Waals surface area (Å²) in [4.78, 5) is 18.1. The third kappa shape index (κ3) is 3.97. The number of hydrogen-bond donors (Lipinski definition) is 1. The summed E-state index contributed by atoms with van der Waals surface area (Å²) in [5.74, 6) is -0.180. The molecule has 15 heavy (non-hydrogen) atoms. The second kappa shape index (κ2) is 6.00. The van der Waals surface area contributed by atoms with E-state index in [9.17, 15) is 4.79 Å². The maximum atomic E-state index is 11.4. The first-order chi connectivity index (χ1) is 7.24. The molecule has 0 spiro atoms. The Hall–Kier alpha value is -1.59. The number of aryl methyl sites for hydroxylation is 1. The Labute approximate surface area is 91.0 Å². The normalized spacial score (nSPS) is 9.40. The van der Waals surface area contributed by atoms with E-state index in [0.29, 0.717) is 25.2 Å². The van der Waals surface area contributed by atoms with Gasteiger partial charge in [0.2, 0.25) is 0 Å². The summed E-state index contributed by atoms with van der Waals surface area (Å²) in [6.45, 7) is 2.74. The van der Waals surface area contributed by atoms with E-state index in [4.69, 9.17) is 5.53 Å². The Morgan fingerprint density at radius 1 is 1.80 bits per heavy atom. The van der Waals surface area contributed by atoms with Gasteiger partial charge in [-0.25, -0.2) is 4.98 Å². The van der Waals surface area contributed by atoms with Gasteiger partial charge in [0, 0.05) is 23.4 Å². The molecule has 7 heteroatoms. The maximum Gasteiger partial charge on any atom is 0.270 e. The zero-order valence-electron chi connectivity index (χ0n) is 8.30. The van der Waals surface area contributed by atoms with Crippen molar-refractivity contribution in [3.05, 3.63) is 26.5 Å². The monoisotopic (exact) mass is 225 g/mol. The van der Waals surface area contributed by atoms with Crippen LogP contribution in [-0.2, 0) is 0 Å². The van der Waals surface area contributed by atoms with Gasteiger partial charge >= 0.3 is 0 Å². The first-order valence-electron chi connectivity index (χ1n) is 4.45. The van der Waals surface area contributed by atoms with Crippen molar-refractivity contribution in [2.75, 3.05) is 13.1 Å². The minimum atomic E-state index is -0.180. The number of carbonyl (C=O) groups is 1. The fourth-order valence-electron chi connectivity index (χ4n) is 0.955. The third-order valence-corrected chi connectivity index (χ3v) is 2.41. The Morgan fingerprint density at radius 3 is 3.20 bits per heavy atom. The van der Waals surface area contributed by atoms with Crippen molar-refractivity contribution in [2.45, 2.75) is 13.3 Å². The third-order valence-electron chi connectivity index (χ3n) is 1.64. The Kier molecular flexibility index (Phi) is 4.59. The van der Waals surface area contributed by atoms with E-state index in [-0.39, 0.29) is 5.91 Å². The predicted octanol–water partition coefficient (Wildman–Crippen LogP) is 1.88. The molecule has 1 N–H and O–H groups in total. The average Bonchev–Trinajstić information content (AvgIpc) is 2.64. The van der Waals surface area contributed by atoms with Crippen LogP contribution in [0.3, 0.4) is 0 Å². The van der Waals surface area contributed by atoms with E-state index in [1.54, 1.807) is 5.38 Å². The van der Waals surface area contributed by atoms with Gasteiger partial charge in [-0.15, -0.1) is 11.3 Å². The first kappa shape index (κ1) is 11.5. The van der Waals surface area contributed by atoms with Crippen molar-refractivity contribution in [1.29, 1.82) is 0 Å². The van der Waals surface area contributed by atoms with Crippen molar-refractivity contribution in [3.63, 3.8) is 0 Å². The zero-order valence-corrected chi connectivity index (χ0v) is 9.12. The molecule has 6 nitrogen and oxygen atoms in total. The van der Waals surface area contributed by atoms with E-state index in [1.165, 1.54) is 11.3 Å². The summed E-state index contributed by atoms with van der Waals surface area (Å²) in [6, 6.07) is 0. The molecular weight excluding hydrogens is 214 g/mol. The molecule has 1 rings (SSSR count). The van der Waals surface area contributed by atoms with Crippen LogP contribution in [0.2, 0.25) is 0 Å². The lowest BCUT2D eigenvalue weighted by Crippen LogP contribution is -2.25. The quantitative estimate of drug-likeness (QED) is 0.358. The number of aromatic nitrogens is 1. The van der Waals surface area contributed by atoms with Crippen molar-refractivity contribution < 1.29 is 4.79 Å². The van der Waals surface area contributed by atoms with E-state index in [0.717, 1.165) is 5.01 Å². The van der Waals surface area contributed by atoms with Crippen LogP contribution < -0.4 is 5.32 Å². The van der Waals surface area contributed by atoms with E-state index in [2.05, 4.69) is 20.3 Å². The summed E-state index contributed by atoms with van der Waals surface area (Å²) in [5, 5.41) is 8.64. The van der Waals surface area contributed by atoms with Gasteiger partial charge in [0.25, 0.3) is 5.91 Å². The lowest BCUT2D eigenvalue weighted by atomic mass is 10.4. The Morgan fingerprint density at radius 2 is 2.60 bits per heavy atom. The van der Waals surface area contributed by atoms with Gasteiger partial charge in [-0.3, -0.25) is 4.79 Å². The highest BCUT2D eigenvalue weighted by atomic mass is 32.1. The van der Waals surface area contributed by atoms with Crippen molar-refractivity contribution in [1.82, 2.24) is 10.3 Å². The van der Waals surface area contributed by atoms with Crippen molar-refractivity contribution >= 4 is 17.2 Å². The van der Waals surface area contributed by atoms with Gasteiger partial charge in [0.1, 0.15) is 5.69 Å². The molecular formula is C8H11N5OS. The highest BCUT2D eigenvalue weighted by Crippen LogP contribution is 2.07. The molecule has 1 heterocycles. The van der Waals surface area contributed by atoms with Crippen LogP contribution in [0.5, 0.6) is 0 Å². The van der Waals surface area contributed by atoms with Crippen LogP contribution >= 0.6 is 11.3 Å². The largest absolute Gasteiger partial charge is 0.351 e. The number of amides is 1. The lowest BCUT2D eigenvalue weighted by Gasteiger charge is -2.00. The molecule has 1 aromatic heterocycles.